The molecule has 0 saturated carbocycles. The maximum Gasteiger partial charge on any atom is 0.318 e. The van der Waals surface area contributed by atoms with Gasteiger partial charge < -0.3 is 19.7 Å². The van der Waals surface area contributed by atoms with E-state index in [9.17, 15) is 4.79 Å². The van der Waals surface area contributed by atoms with E-state index in [0.717, 1.165) is 30.0 Å². The molecule has 0 spiro atoms. The van der Waals surface area contributed by atoms with Gasteiger partial charge in [0.1, 0.15) is 11.5 Å². The van der Waals surface area contributed by atoms with E-state index in [4.69, 9.17) is 9.47 Å². The molecule has 2 amide bonds. The van der Waals surface area contributed by atoms with E-state index >= 15 is 0 Å². The van der Waals surface area contributed by atoms with Crippen LogP contribution >= 0.6 is 11.3 Å². The molecule has 3 rings (SSSR count). The van der Waals surface area contributed by atoms with Crippen molar-refractivity contribution in [2.45, 2.75) is 25.9 Å². The number of rotatable bonds is 4. The van der Waals surface area contributed by atoms with E-state index in [2.05, 4.69) is 16.8 Å². The summed E-state index contributed by atoms with van der Waals surface area (Å²) in [6.07, 6.45) is 0.928. The van der Waals surface area contributed by atoms with Crippen LogP contribution in [0.2, 0.25) is 0 Å². The molecule has 1 aliphatic rings. The summed E-state index contributed by atoms with van der Waals surface area (Å²) < 4.78 is 10.7. The number of benzene rings is 1. The van der Waals surface area contributed by atoms with Crippen molar-refractivity contribution in [1.29, 1.82) is 0 Å². The van der Waals surface area contributed by atoms with Crippen LogP contribution in [0, 0.1) is 0 Å². The highest BCUT2D eigenvalue weighted by Gasteiger charge is 2.23. The van der Waals surface area contributed by atoms with Crippen molar-refractivity contribution in [2.24, 2.45) is 0 Å². The third-order valence-corrected chi connectivity index (χ3v) is 5.36. The summed E-state index contributed by atoms with van der Waals surface area (Å²) >= 11 is 1.77. The van der Waals surface area contributed by atoms with Crippen LogP contribution in [0.5, 0.6) is 11.5 Å². The zero-order valence-corrected chi connectivity index (χ0v) is 15.0. The molecule has 1 unspecified atom stereocenters. The summed E-state index contributed by atoms with van der Waals surface area (Å²) in [6, 6.07) is 7.48. The van der Waals surface area contributed by atoms with Crippen LogP contribution in [-0.2, 0) is 13.0 Å². The van der Waals surface area contributed by atoms with Gasteiger partial charge in [-0.15, -0.1) is 11.3 Å². The zero-order valence-electron chi connectivity index (χ0n) is 14.2. The van der Waals surface area contributed by atoms with Gasteiger partial charge in [-0.3, -0.25) is 0 Å². The van der Waals surface area contributed by atoms with Crippen LogP contribution in [-0.4, -0.2) is 31.7 Å². The Bertz CT molecular complexity index is 729. The van der Waals surface area contributed by atoms with Crippen molar-refractivity contribution >= 4 is 17.4 Å². The number of hydrogen-bond donors (Lipinski definition) is 1. The van der Waals surface area contributed by atoms with Gasteiger partial charge in [-0.2, -0.15) is 0 Å². The Morgan fingerprint density at radius 3 is 2.88 bits per heavy atom. The largest absolute Gasteiger partial charge is 0.497 e. The molecule has 0 saturated heterocycles. The SMILES string of the molecule is COc1ccc(OC)c(C(C)NC(=O)N2CCc3sccc3C2)c1. The van der Waals surface area contributed by atoms with E-state index in [-0.39, 0.29) is 12.1 Å². The van der Waals surface area contributed by atoms with E-state index in [1.54, 1.807) is 25.6 Å². The van der Waals surface area contributed by atoms with Crippen molar-refractivity contribution in [3.05, 3.63) is 45.6 Å². The Kier molecular flexibility index (Phi) is 4.94. The van der Waals surface area contributed by atoms with E-state index < -0.39 is 0 Å². The first-order valence-electron chi connectivity index (χ1n) is 7.95. The molecule has 128 valence electrons. The van der Waals surface area contributed by atoms with Crippen molar-refractivity contribution in [3.8, 4) is 11.5 Å². The molecule has 1 aromatic heterocycles. The molecule has 1 aliphatic heterocycles. The number of hydrogen-bond acceptors (Lipinski definition) is 4. The molecule has 1 N–H and O–H groups in total. The quantitative estimate of drug-likeness (QED) is 0.920. The van der Waals surface area contributed by atoms with Gasteiger partial charge in [0, 0.05) is 23.5 Å². The summed E-state index contributed by atoms with van der Waals surface area (Å²) in [7, 11) is 3.25. The van der Waals surface area contributed by atoms with Crippen LogP contribution in [0.15, 0.2) is 29.6 Å². The summed E-state index contributed by atoms with van der Waals surface area (Å²) in [5.41, 5.74) is 2.16. The predicted molar refractivity (Wildman–Crippen MR) is 94.9 cm³/mol. The fourth-order valence-electron chi connectivity index (χ4n) is 2.95. The smallest absolute Gasteiger partial charge is 0.318 e. The number of methoxy groups -OCH3 is 2. The lowest BCUT2D eigenvalue weighted by Gasteiger charge is -2.29. The standard InChI is InChI=1S/C18H22N2O3S/c1-12(15-10-14(22-2)4-5-16(15)23-3)19-18(21)20-8-6-17-13(11-20)7-9-24-17/h4-5,7,9-10,12H,6,8,11H2,1-3H3,(H,19,21). The minimum absolute atomic E-state index is 0.0516. The van der Waals surface area contributed by atoms with Crippen molar-refractivity contribution in [1.82, 2.24) is 10.2 Å². The Hall–Kier alpha value is -2.21. The van der Waals surface area contributed by atoms with E-state index in [1.165, 1.54) is 10.4 Å². The molecule has 1 aromatic carbocycles. The van der Waals surface area contributed by atoms with Gasteiger partial charge in [-0.25, -0.2) is 4.79 Å². The summed E-state index contributed by atoms with van der Waals surface area (Å²) in [5, 5.41) is 5.16. The molecule has 0 radical (unpaired) electrons. The van der Waals surface area contributed by atoms with Crippen molar-refractivity contribution in [3.63, 3.8) is 0 Å². The molecule has 24 heavy (non-hydrogen) atoms. The Morgan fingerprint density at radius 2 is 2.12 bits per heavy atom. The minimum Gasteiger partial charge on any atom is -0.497 e. The Balaban J connectivity index is 1.70. The molecular weight excluding hydrogens is 324 g/mol. The molecule has 2 heterocycles. The second kappa shape index (κ2) is 7.13. The molecule has 0 bridgehead atoms. The van der Waals surface area contributed by atoms with Crippen LogP contribution in [0.4, 0.5) is 4.79 Å². The molecule has 1 atom stereocenters. The van der Waals surface area contributed by atoms with Crippen LogP contribution in [0.25, 0.3) is 0 Å². The van der Waals surface area contributed by atoms with Crippen LogP contribution in [0.3, 0.4) is 0 Å². The maximum atomic E-state index is 12.6. The van der Waals surface area contributed by atoms with E-state index in [1.807, 2.05) is 30.0 Å². The normalized spacial score (nSPS) is 14.7. The first-order valence-corrected chi connectivity index (χ1v) is 8.83. The summed E-state index contributed by atoms with van der Waals surface area (Å²) in [5.74, 6) is 1.48. The maximum absolute atomic E-state index is 12.6. The predicted octanol–water partition coefficient (Wildman–Crippen LogP) is 3.59. The van der Waals surface area contributed by atoms with Gasteiger partial charge in [0.25, 0.3) is 0 Å². The number of ether oxygens (including phenoxy) is 2. The highest BCUT2D eigenvalue weighted by Crippen LogP contribution is 2.30. The zero-order chi connectivity index (χ0) is 17.1. The van der Waals surface area contributed by atoms with Crippen LogP contribution in [0.1, 0.15) is 29.0 Å². The van der Waals surface area contributed by atoms with Crippen molar-refractivity contribution < 1.29 is 14.3 Å². The fraction of sp³-hybridized carbons (Fsp3) is 0.389. The number of thiophene rings is 1. The minimum atomic E-state index is -0.175. The average molecular weight is 346 g/mol. The number of carbonyl (C=O) groups excluding carboxylic acids is 1. The van der Waals surface area contributed by atoms with Gasteiger partial charge in [-0.05, 0) is 48.6 Å². The lowest BCUT2D eigenvalue weighted by atomic mass is 10.1. The Morgan fingerprint density at radius 1 is 1.29 bits per heavy atom. The monoisotopic (exact) mass is 346 g/mol. The second-order valence-corrected chi connectivity index (χ2v) is 6.82. The number of nitrogens with one attached hydrogen (secondary N) is 1. The number of urea groups is 1. The van der Waals surface area contributed by atoms with Crippen LogP contribution < -0.4 is 14.8 Å². The van der Waals surface area contributed by atoms with E-state index in [0.29, 0.717) is 6.54 Å². The van der Waals surface area contributed by atoms with Crippen molar-refractivity contribution in [2.75, 3.05) is 20.8 Å². The first-order chi connectivity index (χ1) is 11.6. The lowest BCUT2D eigenvalue weighted by Crippen LogP contribution is -2.43. The average Bonchev–Trinajstić information content (AvgIpc) is 3.08. The highest BCUT2D eigenvalue weighted by molar-refractivity contribution is 7.10. The van der Waals surface area contributed by atoms with Gasteiger partial charge in [0.05, 0.1) is 20.3 Å². The number of carbonyl (C=O) groups is 1. The number of nitrogens with zero attached hydrogens (tertiary/aromatic N) is 1. The molecule has 6 heteroatoms. The second-order valence-electron chi connectivity index (χ2n) is 5.82. The topological polar surface area (TPSA) is 50.8 Å². The molecule has 2 aromatic rings. The Labute approximate surface area is 146 Å². The number of amides is 2. The third-order valence-electron chi connectivity index (χ3n) is 4.34. The molecule has 0 aliphatic carbocycles. The van der Waals surface area contributed by atoms with Gasteiger partial charge in [0.15, 0.2) is 0 Å². The summed E-state index contributed by atoms with van der Waals surface area (Å²) in [6.45, 7) is 3.38. The molecule has 5 nitrogen and oxygen atoms in total. The molecular formula is C18H22N2O3S. The third kappa shape index (κ3) is 3.33. The first kappa shape index (κ1) is 16.6. The number of fused-ring (bicyclic) bond motifs is 1. The van der Waals surface area contributed by atoms with Gasteiger partial charge >= 0.3 is 6.03 Å². The van der Waals surface area contributed by atoms with Gasteiger partial charge in [0.2, 0.25) is 0 Å². The van der Waals surface area contributed by atoms with Gasteiger partial charge in [-0.1, -0.05) is 0 Å². The highest BCUT2D eigenvalue weighted by atomic mass is 32.1. The summed E-state index contributed by atoms with van der Waals surface area (Å²) in [4.78, 5) is 15.9. The lowest BCUT2D eigenvalue weighted by molar-refractivity contribution is 0.189. The fourth-order valence-corrected chi connectivity index (χ4v) is 3.84. The molecule has 0 fully saturated rings.